The van der Waals surface area contributed by atoms with Crippen LogP contribution in [0.1, 0.15) is 16.3 Å². The third-order valence-electron chi connectivity index (χ3n) is 2.19. The van der Waals surface area contributed by atoms with Gasteiger partial charge in [0.1, 0.15) is 5.82 Å². The van der Waals surface area contributed by atoms with E-state index in [1.54, 1.807) is 22.7 Å². The normalized spacial score (nSPS) is 10.7. The number of hydrogen-bond donors (Lipinski definition) is 2. The van der Waals surface area contributed by atoms with Crippen LogP contribution in [0.4, 0.5) is 0 Å². The number of pyridine rings is 1. The summed E-state index contributed by atoms with van der Waals surface area (Å²) in [5.41, 5.74) is 6.12. The fraction of sp³-hybridized carbons (Fsp3) is 0.200. The van der Waals surface area contributed by atoms with Crippen molar-refractivity contribution in [2.75, 3.05) is 6.54 Å². The lowest BCUT2D eigenvalue weighted by molar-refractivity contribution is 0.0693. The van der Waals surface area contributed by atoms with Crippen LogP contribution in [0.25, 0.3) is 5.52 Å². The number of carbonyl (C=O) groups is 1. The number of carboxylic acids is 1. The van der Waals surface area contributed by atoms with Crippen molar-refractivity contribution in [3.05, 3.63) is 35.9 Å². The number of nitrogens with zero attached hydrogens (tertiary/aromatic N) is 2. The highest BCUT2D eigenvalue weighted by molar-refractivity contribution is 5.93. The molecule has 0 aliphatic heterocycles. The molecule has 5 nitrogen and oxygen atoms in total. The van der Waals surface area contributed by atoms with Gasteiger partial charge in [-0.1, -0.05) is 6.07 Å². The molecule has 0 radical (unpaired) electrons. The molecule has 2 aromatic rings. The standard InChI is InChI=1S/C10H11N3O2/c11-5-4-8-12-9(10(14)15)7-3-1-2-6-13(7)8/h1-3,6H,4-5,11H2,(H,14,15). The average molecular weight is 205 g/mol. The topological polar surface area (TPSA) is 80.6 Å². The Balaban J connectivity index is 2.67. The smallest absolute Gasteiger partial charge is 0.356 e. The van der Waals surface area contributed by atoms with Crippen molar-refractivity contribution >= 4 is 11.5 Å². The van der Waals surface area contributed by atoms with Gasteiger partial charge in [-0.25, -0.2) is 9.78 Å². The number of nitrogens with two attached hydrogens (primary N) is 1. The van der Waals surface area contributed by atoms with Crippen LogP contribution in [0.15, 0.2) is 24.4 Å². The van der Waals surface area contributed by atoms with Gasteiger partial charge < -0.3 is 15.2 Å². The Bertz CT molecular complexity index is 504. The van der Waals surface area contributed by atoms with Crippen molar-refractivity contribution in [1.82, 2.24) is 9.38 Å². The monoisotopic (exact) mass is 205 g/mol. The minimum absolute atomic E-state index is 0.0825. The SMILES string of the molecule is NCCc1nc(C(=O)O)c2ccccn12. The van der Waals surface area contributed by atoms with Crippen molar-refractivity contribution < 1.29 is 9.90 Å². The van der Waals surface area contributed by atoms with E-state index >= 15 is 0 Å². The second kappa shape index (κ2) is 3.70. The summed E-state index contributed by atoms with van der Waals surface area (Å²) < 4.78 is 1.76. The van der Waals surface area contributed by atoms with Crippen LogP contribution in [0.2, 0.25) is 0 Å². The number of rotatable bonds is 3. The highest BCUT2D eigenvalue weighted by atomic mass is 16.4. The van der Waals surface area contributed by atoms with E-state index in [1.807, 2.05) is 6.07 Å². The quantitative estimate of drug-likeness (QED) is 0.766. The Labute approximate surface area is 86.2 Å². The van der Waals surface area contributed by atoms with Crippen LogP contribution < -0.4 is 5.73 Å². The molecular formula is C10H11N3O2. The zero-order valence-corrected chi connectivity index (χ0v) is 8.05. The zero-order chi connectivity index (χ0) is 10.8. The fourth-order valence-corrected chi connectivity index (χ4v) is 1.56. The maximum atomic E-state index is 10.9. The van der Waals surface area contributed by atoms with Gasteiger partial charge >= 0.3 is 5.97 Å². The van der Waals surface area contributed by atoms with E-state index in [0.717, 1.165) is 0 Å². The number of hydrogen-bond acceptors (Lipinski definition) is 3. The van der Waals surface area contributed by atoms with Crippen molar-refractivity contribution in [2.45, 2.75) is 6.42 Å². The molecule has 0 saturated carbocycles. The molecule has 0 aromatic carbocycles. The third-order valence-corrected chi connectivity index (χ3v) is 2.19. The van der Waals surface area contributed by atoms with E-state index < -0.39 is 5.97 Å². The van der Waals surface area contributed by atoms with Gasteiger partial charge in [0.2, 0.25) is 0 Å². The van der Waals surface area contributed by atoms with E-state index in [-0.39, 0.29) is 5.69 Å². The summed E-state index contributed by atoms with van der Waals surface area (Å²) in [5, 5.41) is 8.96. The molecule has 5 heteroatoms. The van der Waals surface area contributed by atoms with Crippen molar-refractivity contribution in [1.29, 1.82) is 0 Å². The van der Waals surface area contributed by atoms with Crippen molar-refractivity contribution in [2.24, 2.45) is 5.73 Å². The maximum absolute atomic E-state index is 10.9. The molecule has 0 unspecified atom stereocenters. The lowest BCUT2D eigenvalue weighted by Crippen LogP contribution is -2.06. The second-order valence-electron chi connectivity index (χ2n) is 3.18. The zero-order valence-electron chi connectivity index (χ0n) is 8.05. The Morgan fingerprint density at radius 3 is 3.00 bits per heavy atom. The maximum Gasteiger partial charge on any atom is 0.356 e. The summed E-state index contributed by atoms with van der Waals surface area (Å²) in [4.78, 5) is 15.0. The molecule has 2 aromatic heterocycles. The van der Waals surface area contributed by atoms with Gasteiger partial charge in [0, 0.05) is 12.6 Å². The molecule has 0 amide bonds. The Hall–Kier alpha value is -1.88. The van der Waals surface area contributed by atoms with Gasteiger partial charge in [0.25, 0.3) is 0 Å². The summed E-state index contributed by atoms with van der Waals surface area (Å²) in [6.07, 6.45) is 2.36. The lowest BCUT2D eigenvalue weighted by atomic mass is 10.3. The number of imidazole rings is 1. The highest BCUT2D eigenvalue weighted by Crippen LogP contribution is 2.13. The summed E-state index contributed by atoms with van der Waals surface area (Å²) in [7, 11) is 0. The molecule has 78 valence electrons. The molecule has 0 bridgehead atoms. The van der Waals surface area contributed by atoms with Gasteiger partial charge in [-0.15, -0.1) is 0 Å². The van der Waals surface area contributed by atoms with Crippen LogP contribution in [-0.2, 0) is 6.42 Å². The van der Waals surface area contributed by atoms with E-state index in [4.69, 9.17) is 10.8 Å². The second-order valence-corrected chi connectivity index (χ2v) is 3.18. The van der Waals surface area contributed by atoms with E-state index in [2.05, 4.69) is 4.98 Å². The van der Waals surface area contributed by atoms with Crippen LogP contribution in [0.3, 0.4) is 0 Å². The third kappa shape index (κ3) is 1.57. The van der Waals surface area contributed by atoms with Gasteiger partial charge in [-0.2, -0.15) is 0 Å². The first-order valence-corrected chi connectivity index (χ1v) is 4.63. The van der Waals surface area contributed by atoms with Crippen molar-refractivity contribution in [3.8, 4) is 0 Å². The molecule has 0 saturated heterocycles. The fourth-order valence-electron chi connectivity index (χ4n) is 1.56. The Morgan fingerprint density at radius 1 is 1.53 bits per heavy atom. The average Bonchev–Trinajstić information content (AvgIpc) is 2.59. The lowest BCUT2D eigenvalue weighted by Gasteiger charge is -1.97. The van der Waals surface area contributed by atoms with Crippen LogP contribution in [0.5, 0.6) is 0 Å². The first kappa shape index (κ1) is 9.67. The van der Waals surface area contributed by atoms with E-state index in [9.17, 15) is 4.79 Å². The Kier molecular flexibility index (Phi) is 2.39. The van der Waals surface area contributed by atoms with Crippen LogP contribution >= 0.6 is 0 Å². The number of carboxylic acid groups (broad SMARTS) is 1. The molecule has 3 N–H and O–H groups in total. The van der Waals surface area contributed by atoms with Gasteiger partial charge in [0.15, 0.2) is 5.69 Å². The molecule has 0 atom stereocenters. The first-order chi connectivity index (χ1) is 7.24. The molecule has 15 heavy (non-hydrogen) atoms. The van der Waals surface area contributed by atoms with Crippen LogP contribution in [0, 0.1) is 0 Å². The highest BCUT2D eigenvalue weighted by Gasteiger charge is 2.15. The minimum atomic E-state index is -1.01. The molecular weight excluding hydrogens is 194 g/mol. The predicted molar refractivity (Wildman–Crippen MR) is 54.9 cm³/mol. The Morgan fingerprint density at radius 2 is 2.33 bits per heavy atom. The summed E-state index contributed by atoms with van der Waals surface area (Å²) in [6.45, 7) is 0.451. The number of aromatic carboxylic acids is 1. The van der Waals surface area contributed by atoms with E-state index in [1.165, 1.54) is 0 Å². The molecule has 2 rings (SSSR count). The largest absolute Gasteiger partial charge is 0.476 e. The minimum Gasteiger partial charge on any atom is -0.476 e. The van der Waals surface area contributed by atoms with Crippen molar-refractivity contribution in [3.63, 3.8) is 0 Å². The molecule has 2 heterocycles. The number of aromatic nitrogens is 2. The van der Waals surface area contributed by atoms with E-state index in [0.29, 0.717) is 24.3 Å². The van der Waals surface area contributed by atoms with Crippen LogP contribution in [-0.4, -0.2) is 27.0 Å². The summed E-state index contributed by atoms with van der Waals surface area (Å²) in [6, 6.07) is 5.35. The molecule has 0 spiro atoms. The predicted octanol–water partition coefficient (Wildman–Crippen LogP) is 0.534. The summed E-state index contributed by atoms with van der Waals surface area (Å²) >= 11 is 0. The number of fused-ring (bicyclic) bond motifs is 1. The van der Waals surface area contributed by atoms with Gasteiger partial charge in [0.05, 0.1) is 5.52 Å². The first-order valence-electron chi connectivity index (χ1n) is 4.63. The van der Waals surface area contributed by atoms with Gasteiger partial charge in [-0.3, -0.25) is 0 Å². The van der Waals surface area contributed by atoms with Gasteiger partial charge in [-0.05, 0) is 18.7 Å². The summed E-state index contributed by atoms with van der Waals surface area (Å²) in [5.74, 6) is -0.326. The molecule has 0 aliphatic carbocycles. The molecule has 0 aliphatic rings. The molecule has 0 fully saturated rings.